The number of hydrogen-bond donors (Lipinski definition) is 3. The molecule has 0 spiro atoms. The van der Waals surface area contributed by atoms with Gasteiger partial charge in [0.15, 0.2) is 0 Å². The molecule has 0 unspecified atom stereocenters. The van der Waals surface area contributed by atoms with Crippen molar-refractivity contribution in [2.75, 3.05) is 6.61 Å². The summed E-state index contributed by atoms with van der Waals surface area (Å²) in [4.78, 5) is 0. The van der Waals surface area contributed by atoms with E-state index in [1.807, 2.05) is 25.1 Å². The lowest BCUT2D eigenvalue weighted by molar-refractivity contribution is 0.157. The molecule has 1 rings (SSSR count). The Bertz CT molecular complexity index is 369. The minimum atomic E-state index is -0.00576. The van der Waals surface area contributed by atoms with Crippen molar-refractivity contribution in [3.63, 3.8) is 0 Å². The zero-order valence-corrected chi connectivity index (χ0v) is 11.1. The number of phenolic OH excluding ortho intramolecular Hbond substituents is 1. The molecule has 0 amide bonds. The van der Waals surface area contributed by atoms with Crippen molar-refractivity contribution in [1.82, 2.24) is 5.32 Å². The summed E-state index contributed by atoms with van der Waals surface area (Å²) in [5.74, 6) is 0.339. The lowest BCUT2D eigenvalue weighted by Gasteiger charge is -2.30. The summed E-state index contributed by atoms with van der Waals surface area (Å²) in [6.45, 7) is 8.78. The first-order valence-electron chi connectivity index (χ1n) is 5.98. The first kappa shape index (κ1) is 14.0. The number of rotatable bonds is 4. The van der Waals surface area contributed by atoms with E-state index in [9.17, 15) is 10.2 Å². The molecule has 1 atom stereocenters. The average molecular weight is 237 g/mol. The molecule has 0 saturated heterocycles. The van der Waals surface area contributed by atoms with E-state index in [4.69, 9.17) is 0 Å². The Balaban J connectivity index is 2.70. The molecule has 1 aromatic carbocycles. The van der Waals surface area contributed by atoms with Gasteiger partial charge in [-0.3, -0.25) is 0 Å². The number of para-hydroxylation sites is 1. The molecule has 3 heteroatoms. The number of aliphatic hydroxyl groups is 1. The van der Waals surface area contributed by atoms with Gasteiger partial charge in [-0.25, -0.2) is 0 Å². The van der Waals surface area contributed by atoms with Crippen LogP contribution in [0, 0.1) is 12.3 Å². The van der Waals surface area contributed by atoms with Crippen molar-refractivity contribution in [2.24, 2.45) is 5.41 Å². The van der Waals surface area contributed by atoms with Crippen LogP contribution in [-0.2, 0) is 6.54 Å². The Kier molecular flexibility index (Phi) is 4.54. The van der Waals surface area contributed by atoms with E-state index < -0.39 is 0 Å². The molecule has 17 heavy (non-hydrogen) atoms. The molecular formula is C14H23NO2. The summed E-state index contributed by atoms with van der Waals surface area (Å²) in [5, 5.41) is 22.5. The van der Waals surface area contributed by atoms with E-state index in [2.05, 4.69) is 26.1 Å². The SMILES string of the molecule is Cc1cccc(CN[C@H](CO)C(C)(C)C)c1O. The predicted octanol–water partition coefficient (Wildman–Crippen LogP) is 2.20. The maximum Gasteiger partial charge on any atom is 0.122 e. The molecule has 0 saturated carbocycles. The molecule has 0 aromatic heterocycles. The van der Waals surface area contributed by atoms with E-state index in [0.717, 1.165) is 11.1 Å². The van der Waals surface area contributed by atoms with Gasteiger partial charge in [0.05, 0.1) is 6.61 Å². The van der Waals surface area contributed by atoms with Crippen LogP contribution in [0.3, 0.4) is 0 Å². The van der Waals surface area contributed by atoms with Crippen LogP contribution in [0.2, 0.25) is 0 Å². The molecule has 0 aliphatic heterocycles. The number of hydrogen-bond acceptors (Lipinski definition) is 3. The lowest BCUT2D eigenvalue weighted by atomic mass is 9.87. The van der Waals surface area contributed by atoms with E-state index in [1.165, 1.54) is 0 Å². The fourth-order valence-electron chi connectivity index (χ4n) is 1.74. The fourth-order valence-corrected chi connectivity index (χ4v) is 1.74. The number of aryl methyl sites for hydroxylation is 1. The van der Waals surface area contributed by atoms with Gasteiger partial charge in [-0.05, 0) is 17.9 Å². The molecule has 3 nitrogen and oxygen atoms in total. The molecule has 0 heterocycles. The van der Waals surface area contributed by atoms with Crippen LogP contribution >= 0.6 is 0 Å². The summed E-state index contributed by atoms with van der Waals surface area (Å²) in [7, 11) is 0. The summed E-state index contributed by atoms with van der Waals surface area (Å²) in [6.07, 6.45) is 0. The normalized spacial score (nSPS) is 13.7. The molecule has 96 valence electrons. The minimum absolute atomic E-state index is 0.00576. The Hall–Kier alpha value is -1.06. The van der Waals surface area contributed by atoms with Gasteiger partial charge in [0.2, 0.25) is 0 Å². The molecule has 0 aliphatic rings. The second-order valence-electron chi connectivity index (χ2n) is 5.56. The van der Waals surface area contributed by atoms with Gasteiger partial charge in [0.1, 0.15) is 5.75 Å². The minimum Gasteiger partial charge on any atom is -0.507 e. The molecule has 0 fully saturated rings. The molecule has 0 aliphatic carbocycles. The average Bonchev–Trinajstić information content (AvgIpc) is 2.23. The zero-order chi connectivity index (χ0) is 13.1. The van der Waals surface area contributed by atoms with Crippen molar-refractivity contribution >= 4 is 0 Å². The summed E-state index contributed by atoms with van der Waals surface area (Å²) in [6, 6.07) is 5.72. The van der Waals surface area contributed by atoms with Crippen LogP contribution < -0.4 is 5.32 Å². The number of nitrogens with one attached hydrogen (secondary N) is 1. The second kappa shape index (κ2) is 5.52. The highest BCUT2D eigenvalue weighted by atomic mass is 16.3. The predicted molar refractivity (Wildman–Crippen MR) is 70.0 cm³/mol. The quantitative estimate of drug-likeness (QED) is 0.752. The van der Waals surface area contributed by atoms with Crippen molar-refractivity contribution < 1.29 is 10.2 Å². The number of phenols is 1. The molecule has 0 radical (unpaired) electrons. The number of aliphatic hydroxyl groups excluding tert-OH is 1. The highest BCUT2D eigenvalue weighted by molar-refractivity contribution is 5.39. The van der Waals surface area contributed by atoms with Crippen molar-refractivity contribution in [2.45, 2.75) is 40.3 Å². The molecule has 1 aromatic rings. The van der Waals surface area contributed by atoms with Crippen LogP contribution in [0.4, 0.5) is 0 Å². The van der Waals surface area contributed by atoms with Crippen molar-refractivity contribution in [3.05, 3.63) is 29.3 Å². The monoisotopic (exact) mass is 237 g/mol. The summed E-state index contributed by atoms with van der Waals surface area (Å²) < 4.78 is 0. The van der Waals surface area contributed by atoms with Gasteiger partial charge >= 0.3 is 0 Å². The van der Waals surface area contributed by atoms with E-state index in [0.29, 0.717) is 12.3 Å². The Morgan fingerprint density at radius 2 is 1.94 bits per heavy atom. The number of benzene rings is 1. The Labute approximate surface area is 103 Å². The van der Waals surface area contributed by atoms with Crippen LogP contribution in [0.1, 0.15) is 31.9 Å². The maximum absolute atomic E-state index is 9.88. The van der Waals surface area contributed by atoms with Crippen LogP contribution in [0.5, 0.6) is 5.75 Å². The zero-order valence-electron chi connectivity index (χ0n) is 11.1. The van der Waals surface area contributed by atoms with Gasteiger partial charge in [-0.15, -0.1) is 0 Å². The third kappa shape index (κ3) is 3.72. The lowest BCUT2D eigenvalue weighted by Crippen LogP contribution is -2.42. The van der Waals surface area contributed by atoms with E-state index in [-0.39, 0.29) is 18.1 Å². The first-order chi connectivity index (χ1) is 7.86. The van der Waals surface area contributed by atoms with E-state index >= 15 is 0 Å². The standard InChI is InChI=1S/C14H23NO2/c1-10-6-5-7-11(13(10)17)8-15-12(9-16)14(2,3)4/h5-7,12,15-17H,8-9H2,1-4H3/t12-/m1/s1. The van der Waals surface area contributed by atoms with Crippen LogP contribution in [-0.4, -0.2) is 22.9 Å². The van der Waals surface area contributed by atoms with Gasteiger partial charge in [0, 0.05) is 18.2 Å². The van der Waals surface area contributed by atoms with Crippen LogP contribution in [0.25, 0.3) is 0 Å². The van der Waals surface area contributed by atoms with E-state index in [1.54, 1.807) is 0 Å². The summed E-state index contributed by atoms with van der Waals surface area (Å²) >= 11 is 0. The van der Waals surface area contributed by atoms with Gasteiger partial charge in [0.25, 0.3) is 0 Å². The third-order valence-corrected chi connectivity index (χ3v) is 3.09. The second-order valence-corrected chi connectivity index (χ2v) is 5.56. The molecule has 0 bridgehead atoms. The summed E-state index contributed by atoms with van der Waals surface area (Å²) in [5.41, 5.74) is 1.74. The van der Waals surface area contributed by atoms with Crippen molar-refractivity contribution in [1.29, 1.82) is 0 Å². The largest absolute Gasteiger partial charge is 0.507 e. The fraction of sp³-hybridized carbons (Fsp3) is 0.571. The van der Waals surface area contributed by atoms with Gasteiger partial charge in [-0.2, -0.15) is 0 Å². The topological polar surface area (TPSA) is 52.5 Å². The third-order valence-electron chi connectivity index (χ3n) is 3.09. The Morgan fingerprint density at radius 1 is 1.29 bits per heavy atom. The smallest absolute Gasteiger partial charge is 0.122 e. The number of aromatic hydroxyl groups is 1. The van der Waals surface area contributed by atoms with Crippen molar-refractivity contribution in [3.8, 4) is 5.75 Å². The van der Waals surface area contributed by atoms with Gasteiger partial charge in [-0.1, -0.05) is 39.0 Å². The van der Waals surface area contributed by atoms with Crippen LogP contribution in [0.15, 0.2) is 18.2 Å². The Morgan fingerprint density at radius 3 is 2.47 bits per heavy atom. The maximum atomic E-state index is 9.88. The highest BCUT2D eigenvalue weighted by Crippen LogP contribution is 2.23. The first-order valence-corrected chi connectivity index (χ1v) is 5.98. The highest BCUT2D eigenvalue weighted by Gasteiger charge is 2.23. The molecule has 3 N–H and O–H groups in total. The van der Waals surface area contributed by atoms with Gasteiger partial charge < -0.3 is 15.5 Å². The molecular weight excluding hydrogens is 214 g/mol.